The van der Waals surface area contributed by atoms with Crippen LogP contribution in [0.3, 0.4) is 0 Å². The number of carbonyl (C=O) groups excluding carboxylic acids is 2. The third-order valence-corrected chi connectivity index (χ3v) is 6.82. The lowest BCUT2D eigenvalue weighted by atomic mass is 10.1. The quantitative estimate of drug-likeness (QED) is 0.435. The number of nitrogens with one attached hydrogen (secondary N) is 1. The van der Waals surface area contributed by atoms with Crippen LogP contribution in [0.15, 0.2) is 48.5 Å². The first-order valence-corrected chi connectivity index (χ1v) is 13.7. The lowest BCUT2D eigenvalue weighted by Gasteiger charge is -2.29. The second-order valence-electron chi connectivity index (χ2n) is 9.10. The van der Waals surface area contributed by atoms with Gasteiger partial charge >= 0.3 is 0 Å². The van der Waals surface area contributed by atoms with E-state index in [4.69, 9.17) is 4.74 Å². The Morgan fingerprint density at radius 3 is 2.17 bits per heavy atom. The van der Waals surface area contributed by atoms with Crippen LogP contribution in [-0.2, 0) is 26.2 Å². The maximum Gasteiger partial charge on any atom is 0.242 e. The zero-order chi connectivity index (χ0) is 26.9. The van der Waals surface area contributed by atoms with Crippen molar-refractivity contribution in [1.82, 2.24) is 10.2 Å². The van der Waals surface area contributed by atoms with Crippen LogP contribution in [0.25, 0.3) is 0 Å². The third-order valence-electron chi connectivity index (χ3n) is 5.63. The molecule has 1 N–H and O–H groups in total. The summed E-state index contributed by atoms with van der Waals surface area (Å²) in [6.07, 6.45) is 1.39. The zero-order valence-corrected chi connectivity index (χ0v) is 22.3. The number of rotatable bonds is 13. The summed E-state index contributed by atoms with van der Waals surface area (Å²) in [4.78, 5) is 27.4. The Bertz CT molecular complexity index is 1110. The molecule has 1 unspecified atom stereocenters. The van der Waals surface area contributed by atoms with Gasteiger partial charge in [-0.25, -0.2) is 12.8 Å². The first-order valence-electron chi connectivity index (χ1n) is 11.9. The Morgan fingerprint density at radius 2 is 1.64 bits per heavy atom. The largest absolute Gasteiger partial charge is 0.497 e. The highest BCUT2D eigenvalue weighted by atomic mass is 32.2. The molecule has 2 aromatic carbocycles. The molecule has 0 saturated heterocycles. The molecule has 8 nitrogen and oxygen atoms in total. The van der Waals surface area contributed by atoms with Gasteiger partial charge in [-0.3, -0.25) is 13.9 Å². The molecule has 0 bridgehead atoms. The first kappa shape index (κ1) is 29.1. The second kappa shape index (κ2) is 13.2. The molecular weight excluding hydrogens is 485 g/mol. The molecule has 1 atom stereocenters. The number of hydrogen-bond donors (Lipinski definition) is 1. The summed E-state index contributed by atoms with van der Waals surface area (Å²) in [5, 5.41) is 2.85. The summed E-state index contributed by atoms with van der Waals surface area (Å²) in [6.45, 7) is 6.30. The fourth-order valence-electron chi connectivity index (χ4n) is 3.57. The van der Waals surface area contributed by atoms with E-state index >= 15 is 0 Å². The number of hydrogen-bond acceptors (Lipinski definition) is 5. The molecule has 0 aliphatic rings. The minimum absolute atomic E-state index is 0.0329. The van der Waals surface area contributed by atoms with Gasteiger partial charge in [0.1, 0.15) is 17.6 Å². The fourth-order valence-corrected chi connectivity index (χ4v) is 4.54. The van der Waals surface area contributed by atoms with Crippen molar-refractivity contribution in [3.8, 4) is 5.75 Å². The molecule has 198 valence electrons. The number of carbonyl (C=O) groups is 2. The molecule has 0 aromatic heterocycles. The van der Waals surface area contributed by atoms with E-state index in [0.717, 1.165) is 6.26 Å². The number of methoxy groups -OCH3 is 1. The van der Waals surface area contributed by atoms with Gasteiger partial charge < -0.3 is 15.0 Å². The average Bonchev–Trinajstić information content (AvgIpc) is 2.83. The smallest absolute Gasteiger partial charge is 0.242 e. The normalized spacial score (nSPS) is 12.2. The number of amides is 2. The molecule has 0 fully saturated rings. The van der Waals surface area contributed by atoms with Gasteiger partial charge in [-0.15, -0.1) is 0 Å². The molecule has 2 amide bonds. The van der Waals surface area contributed by atoms with E-state index < -0.39 is 21.9 Å². The standard InChI is InChI=1S/C26H36FN3O5S/c1-19(2)17-28-26(32)20(3)29(18-21-8-10-22(27)11-9-21)25(31)7-6-16-30(36(5,33)34)23-12-14-24(35-4)15-13-23/h8-15,19-20H,6-7,16-18H2,1-5H3,(H,28,32). The topological polar surface area (TPSA) is 96.0 Å². The van der Waals surface area contributed by atoms with Crippen molar-refractivity contribution < 1.29 is 27.1 Å². The Morgan fingerprint density at radius 1 is 1.03 bits per heavy atom. The van der Waals surface area contributed by atoms with Crippen LogP contribution in [0.4, 0.5) is 10.1 Å². The highest BCUT2D eigenvalue weighted by molar-refractivity contribution is 7.92. The Hall–Kier alpha value is -3.14. The van der Waals surface area contributed by atoms with Crippen molar-refractivity contribution in [2.24, 2.45) is 5.92 Å². The first-order chi connectivity index (χ1) is 16.9. The second-order valence-corrected chi connectivity index (χ2v) is 11.0. The van der Waals surface area contributed by atoms with Gasteiger partial charge in [-0.05, 0) is 61.2 Å². The number of halogens is 1. The molecule has 0 aliphatic carbocycles. The number of nitrogens with zero attached hydrogens (tertiary/aromatic N) is 2. The number of sulfonamides is 1. The van der Waals surface area contributed by atoms with Crippen LogP contribution >= 0.6 is 0 Å². The van der Waals surface area contributed by atoms with Crippen LogP contribution in [-0.4, -0.2) is 57.6 Å². The zero-order valence-electron chi connectivity index (χ0n) is 21.5. The van der Waals surface area contributed by atoms with Gasteiger partial charge in [0.15, 0.2) is 0 Å². The SMILES string of the molecule is COc1ccc(N(CCCC(=O)N(Cc2ccc(F)cc2)C(C)C(=O)NCC(C)C)S(C)(=O)=O)cc1. The minimum Gasteiger partial charge on any atom is -0.497 e. The van der Waals surface area contributed by atoms with Gasteiger partial charge in [0, 0.05) is 26.1 Å². The number of benzene rings is 2. The summed E-state index contributed by atoms with van der Waals surface area (Å²) in [6, 6.07) is 11.6. The van der Waals surface area contributed by atoms with Gasteiger partial charge in [-0.2, -0.15) is 0 Å². The Kier molecular flexibility index (Phi) is 10.7. The van der Waals surface area contributed by atoms with Gasteiger partial charge in [0.25, 0.3) is 0 Å². The van der Waals surface area contributed by atoms with Crippen LogP contribution in [0, 0.1) is 11.7 Å². The number of anilines is 1. The molecule has 2 rings (SSSR count). The lowest BCUT2D eigenvalue weighted by molar-refractivity contribution is -0.140. The van der Waals surface area contributed by atoms with E-state index in [-0.39, 0.29) is 43.7 Å². The highest BCUT2D eigenvalue weighted by Crippen LogP contribution is 2.22. The van der Waals surface area contributed by atoms with Crippen molar-refractivity contribution in [1.29, 1.82) is 0 Å². The van der Waals surface area contributed by atoms with E-state index in [1.165, 1.54) is 28.4 Å². The molecular formula is C26H36FN3O5S. The fraction of sp³-hybridized carbons (Fsp3) is 0.462. The predicted molar refractivity (Wildman–Crippen MR) is 139 cm³/mol. The maximum absolute atomic E-state index is 13.4. The summed E-state index contributed by atoms with van der Waals surface area (Å²) >= 11 is 0. The van der Waals surface area contributed by atoms with Crippen molar-refractivity contribution in [2.45, 2.75) is 46.2 Å². The van der Waals surface area contributed by atoms with Crippen LogP contribution in [0.1, 0.15) is 39.2 Å². The van der Waals surface area contributed by atoms with Crippen molar-refractivity contribution in [3.63, 3.8) is 0 Å². The molecule has 0 aliphatic heterocycles. The average molecular weight is 522 g/mol. The van der Waals surface area contributed by atoms with E-state index in [2.05, 4.69) is 5.32 Å². The summed E-state index contributed by atoms with van der Waals surface area (Å²) < 4.78 is 44.5. The molecule has 36 heavy (non-hydrogen) atoms. The minimum atomic E-state index is -3.59. The summed E-state index contributed by atoms with van der Waals surface area (Å²) in [5.74, 6) is -0.116. The number of ether oxygens (including phenoxy) is 1. The van der Waals surface area contributed by atoms with Crippen molar-refractivity contribution in [3.05, 3.63) is 59.9 Å². The monoisotopic (exact) mass is 521 g/mol. The summed E-state index contributed by atoms with van der Waals surface area (Å²) in [5.41, 5.74) is 1.15. The van der Waals surface area contributed by atoms with E-state index in [9.17, 15) is 22.4 Å². The van der Waals surface area contributed by atoms with E-state index in [0.29, 0.717) is 23.5 Å². The van der Waals surface area contributed by atoms with Crippen LogP contribution in [0.2, 0.25) is 0 Å². The molecule has 0 saturated carbocycles. The molecule has 2 aromatic rings. The maximum atomic E-state index is 13.4. The highest BCUT2D eigenvalue weighted by Gasteiger charge is 2.26. The van der Waals surface area contributed by atoms with Gasteiger partial charge in [-0.1, -0.05) is 26.0 Å². The van der Waals surface area contributed by atoms with Gasteiger partial charge in [0.2, 0.25) is 21.8 Å². The molecule has 10 heteroatoms. The Labute approximate surface area is 213 Å². The van der Waals surface area contributed by atoms with E-state index in [1.54, 1.807) is 43.3 Å². The molecule has 0 spiro atoms. The Balaban J connectivity index is 2.14. The predicted octanol–water partition coefficient (Wildman–Crippen LogP) is 3.57. The van der Waals surface area contributed by atoms with Crippen LogP contribution < -0.4 is 14.4 Å². The third kappa shape index (κ3) is 8.82. The van der Waals surface area contributed by atoms with E-state index in [1.807, 2.05) is 13.8 Å². The molecule has 0 radical (unpaired) electrons. The lowest BCUT2D eigenvalue weighted by Crippen LogP contribution is -2.48. The van der Waals surface area contributed by atoms with Crippen molar-refractivity contribution >= 4 is 27.5 Å². The van der Waals surface area contributed by atoms with Crippen molar-refractivity contribution in [2.75, 3.05) is 30.8 Å². The van der Waals surface area contributed by atoms with Crippen LogP contribution in [0.5, 0.6) is 5.75 Å². The molecule has 0 heterocycles. The van der Waals surface area contributed by atoms with Gasteiger partial charge in [0.05, 0.1) is 19.1 Å². The summed E-state index contributed by atoms with van der Waals surface area (Å²) in [7, 11) is -2.06.